The molecule has 1 aromatic carbocycles. The lowest BCUT2D eigenvalue weighted by molar-refractivity contribution is -0.128. The van der Waals surface area contributed by atoms with Gasteiger partial charge in [0.05, 0.1) is 12.8 Å². The van der Waals surface area contributed by atoms with Crippen molar-refractivity contribution in [2.45, 2.75) is 20.3 Å². The monoisotopic (exact) mass is 373 g/mol. The maximum Gasteiger partial charge on any atom is 0.322 e. The SMILES string of the molecule is COc1ccc(-c2nnc(C)o2)cc1NC(=O)N1CCCN(C(C)=O)CC1. The van der Waals surface area contributed by atoms with Gasteiger partial charge in [-0.25, -0.2) is 4.79 Å². The average molecular weight is 373 g/mol. The van der Waals surface area contributed by atoms with Gasteiger partial charge in [0.15, 0.2) is 0 Å². The van der Waals surface area contributed by atoms with E-state index < -0.39 is 0 Å². The predicted molar refractivity (Wildman–Crippen MR) is 98.5 cm³/mol. The zero-order valence-electron chi connectivity index (χ0n) is 15.7. The van der Waals surface area contributed by atoms with Gasteiger partial charge >= 0.3 is 6.03 Å². The van der Waals surface area contributed by atoms with Crippen LogP contribution in [0, 0.1) is 6.92 Å². The third-order valence-corrected chi connectivity index (χ3v) is 4.44. The average Bonchev–Trinajstić information content (AvgIpc) is 2.93. The molecule has 0 radical (unpaired) electrons. The molecular weight excluding hydrogens is 350 g/mol. The summed E-state index contributed by atoms with van der Waals surface area (Å²) in [6, 6.07) is 5.03. The number of methoxy groups -OCH3 is 1. The zero-order valence-corrected chi connectivity index (χ0v) is 15.7. The Morgan fingerprint density at radius 2 is 1.89 bits per heavy atom. The van der Waals surface area contributed by atoms with Crippen LogP contribution in [-0.4, -0.2) is 65.2 Å². The lowest BCUT2D eigenvalue weighted by atomic mass is 10.2. The molecule has 9 heteroatoms. The van der Waals surface area contributed by atoms with Gasteiger partial charge in [-0.2, -0.15) is 0 Å². The van der Waals surface area contributed by atoms with Crippen molar-refractivity contribution in [2.24, 2.45) is 0 Å². The van der Waals surface area contributed by atoms with Gasteiger partial charge in [-0.15, -0.1) is 10.2 Å². The van der Waals surface area contributed by atoms with Crippen molar-refractivity contribution in [2.75, 3.05) is 38.6 Å². The summed E-state index contributed by atoms with van der Waals surface area (Å²) in [5.74, 6) is 1.40. The molecule has 9 nitrogen and oxygen atoms in total. The number of aromatic nitrogens is 2. The number of hydrogen-bond donors (Lipinski definition) is 1. The van der Waals surface area contributed by atoms with E-state index in [9.17, 15) is 9.59 Å². The summed E-state index contributed by atoms with van der Waals surface area (Å²) in [5, 5.41) is 10.7. The minimum Gasteiger partial charge on any atom is -0.495 e. The predicted octanol–water partition coefficient (Wildman–Crippen LogP) is 2.14. The van der Waals surface area contributed by atoms with Gasteiger partial charge in [0.2, 0.25) is 17.7 Å². The Balaban J connectivity index is 1.75. The Kier molecular flexibility index (Phi) is 5.58. The van der Waals surface area contributed by atoms with Crippen LogP contribution in [0.25, 0.3) is 11.5 Å². The molecule has 1 aliphatic heterocycles. The van der Waals surface area contributed by atoms with Crippen LogP contribution >= 0.6 is 0 Å². The first-order valence-corrected chi connectivity index (χ1v) is 8.78. The fourth-order valence-corrected chi connectivity index (χ4v) is 2.98. The van der Waals surface area contributed by atoms with Gasteiger partial charge in [-0.1, -0.05) is 0 Å². The van der Waals surface area contributed by atoms with Gasteiger partial charge in [0.1, 0.15) is 5.75 Å². The van der Waals surface area contributed by atoms with E-state index in [-0.39, 0.29) is 11.9 Å². The van der Waals surface area contributed by atoms with Crippen molar-refractivity contribution >= 4 is 17.6 Å². The quantitative estimate of drug-likeness (QED) is 0.885. The summed E-state index contributed by atoms with van der Waals surface area (Å²) in [6.45, 7) is 5.52. The van der Waals surface area contributed by atoms with Gasteiger partial charge in [-0.3, -0.25) is 4.79 Å². The number of benzene rings is 1. The number of carbonyl (C=O) groups is 2. The van der Waals surface area contributed by atoms with Gasteiger partial charge in [0.25, 0.3) is 0 Å². The van der Waals surface area contributed by atoms with E-state index in [0.29, 0.717) is 55.0 Å². The molecule has 27 heavy (non-hydrogen) atoms. The zero-order chi connectivity index (χ0) is 19.4. The first-order chi connectivity index (χ1) is 13.0. The number of nitrogens with zero attached hydrogens (tertiary/aromatic N) is 4. The third-order valence-electron chi connectivity index (χ3n) is 4.44. The first-order valence-electron chi connectivity index (χ1n) is 8.78. The van der Waals surface area contributed by atoms with Gasteiger partial charge < -0.3 is 24.3 Å². The highest BCUT2D eigenvalue weighted by Gasteiger charge is 2.21. The second-order valence-electron chi connectivity index (χ2n) is 6.32. The van der Waals surface area contributed by atoms with Crippen LogP contribution in [0.4, 0.5) is 10.5 Å². The van der Waals surface area contributed by atoms with Crippen molar-refractivity contribution in [3.63, 3.8) is 0 Å². The minimum atomic E-state index is -0.238. The smallest absolute Gasteiger partial charge is 0.322 e. The number of nitrogens with one attached hydrogen (secondary N) is 1. The van der Waals surface area contributed by atoms with Crippen LogP contribution in [0.1, 0.15) is 19.2 Å². The minimum absolute atomic E-state index is 0.0291. The summed E-state index contributed by atoms with van der Waals surface area (Å²) in [5.41, 5.74) is 1.20. The molecule has 0 atom stereocenters. The first kappa shape index (κ1) is 18.7. The van der Waals surface area contributed by atoms with Crippen molar-refractivity contribution in [1.29, 1.82) is 0 Å². The molecule has 1 aromatic heterocycles. The molecule has 0 bridgehead atoms. The molecule has 0 aliphatic carbocycles. The number of ether oxygens (including phenoxy) is 1. The molecule has 2 aromatic rings. The maximum absolute atomic E-state index is 12.7. The summed E-state index contributed by atoms with van der Waals surface area (Å²) in [7, 11) is 1.54. The normalized spacial score (nSPS) is 14.6. The second kappa shape index (κ2) is 8.07. The molecule has 3 rings (SSSR count). The number of aryl methyl sites for hydroxylation is 1. The van der Waals surface area contributed by atoms with Crippen molar-refractivity contribution in [3.05, 3.63) is 24.1 Å². The Morgan fingerprint density at radius 3 is 2.56 bits per heavy atom. The molecule has 1 N–H and O–H groups in total. The largest absolute Gasteiger partial charge is 0.495 e. The molecule has 2 heterocycles. The number of amides is 3. The molecular formula is C18H23N5O4. The van der Waals surface area contributed by atoms with E-state index in [2.05, 4.69) is 15.5 Å². The van der Waals surface area contributed by atoms with Crippen LogP contribution in [0.15, 0.2) is 22.6 Å². The molecule has 3 amide bonds. The Morgan fingerprint density at radius 1 is 1.15 bits per heavy atom. The Hall–Kier alpha value is -3.10. The summed E-state index contributed by atoms with van der Waals surface area (Å²) < 4.78 is 10.8. The molecule has 0 saturated carbocycles. The van der Waals surface area contributed by atoms with Crippen LogP contribution in [0.3, 0.4) is 0 Å². The van der Waals surface area contributed by atoms with E-state index in [1.807, 2.05) is 0 Å². The van der Waals surface area contributed by atoms with Crippen LogP contribution < -0.4 is 10.1 Å². The van der Waals surface area contributed by atoms with Crippen LogP contribution in [0.5, 0.6) is 5.75 Å². The molecule has 1 aliphatic rings. The van der Waals surface area contributed by atoms with E-state index in [4.69, 9.17) is 9.15 Å². The van der Waals surface area contributed by atoms with E-state index in [1.54, 1.807) is 41.8 Å². The summed E-state index contributed by atoms with van der Waals surface area (Å²) in [6.07, 6.45) is 0.742. The topological polar surface area (TPSA) is 101 Å². The van der Waals surface area contributed by atoms with E-state index >= 15 is 0 Å². The summed E-state index contributed by atoms with van der Waals surface area (Å²) >= 11 is 0. The highest BCUT2D eigenvalue weighted by molar-refractivity contribution is 5.92. The molecule has 1 saturated heterocycles. The van der Waals surface area contributed by atoms with Crippen LogP contribution in [0.2, 0.25) is 0 Å². The van der Waals surface area contributed by atoms with Gasteiger partial charge in [0, 0.05) is 45.6 Å². The summed E-state index contributed by atoms with van der Waals surface area (Å²) in [4.78, 5) is 27.7. The number of rotatable bonds is 3. The van der Waals surface area contributed by atoms with Crippen molar-refractivity contribution < 1.29 is 18.7 Å². The highest BCUT2D eigenvalue weighted by Crippen LogP contribution is 2.30. The Labute approximate surface area is 157 Å². The molecule has 1 fully saturated rings. The van der Waals surface area contributed by atoms with Gasteiger partial charge in [-0.05, 0) is 24.6 Å². The maximum atomic E-state index is 12.7. The fourth-order valence-electron chi connectivity index (χ4n) is 2.98. The third kappa shape index (κ3) is 4.36. The number of anilines is 1. The second-order valence-corrected chi connectivity index (χ2v) is 6.32. The lowest BCUT2D eigenvalue weighted by Crippen LogP contribution is -2.38. The fraction of sp³-hybridized carbons (Fsp3) is 0.444. The van der Waals surface area contributed by atoms with Crippen LogP contribution in [-0.2, 0) is 4.79 Å². The standard InChI is InChI=1S/C18H23N5O4/c1-12-20-21-17(27-12)14-5-6-16(26-3)15(11-14)19-18(25)23-8-4-7-22(9-10-23)13(2)24/h5-6,11H,4,7-10H2,1-3H3,(H,19,25). The van der Waals surface area contributed by atoms with E-state index in [0.717, 1.165) is 6.42 Å². The number of hydrogen-bond acceptors (Lipinski definition) is 6. The van der Waals surface area contributed by atoms with Crippen molar-refractivity contribution in [1.82, 2.24) is 20.0 Å². The van der Waals surface area contributed by atoms with E-state index in [1.165, 1.54) is 7.11 Å². The number of urea groups is 1. The number of carbonyl (C=O) groups excluding carboxylic acids is 2. The molecule has 0 spiro atoms. The highest BCUT2D eigenvalue weighted by atomic mass is 16.5. The van der Waals surface area contributed by atoms with Crippen molar-refractivity contribution in [3.8, 4) is 17.2 Å². The lowest BCUT2D eigenvalue weighted by Gasteiger charge is -2.22. The molecule has 0 unspecified atom stereocenters. The molecule has 144 valence electrons. The Bertz CT molecular complexity index is 835.